The average molecular weight is 374 g/mol. The molecule has 0 radical (unpaired) electrons. The summed E-state index contributed by atoms with van der Waals surface area (Å²) in [6.07, 6.45) is 7.48. The second-order valence-corrected chi connectivity index (χ2v) is 8.57. The van der Waals surface area contributed by atoms with Gasteiger partial charge in [-0.3, -0.25) is 9.79 Å². The monoisotopic (exact) mass is 374 g/mol. The first-order chi connectivity index (χ1) is 12.6. The van der Waals surface area contributed by atoms with E-state index in [0.717, 1.165) is 12.8 Å². The van der Waals surface area contributed by atoms with E-state index >= 15 is 0 Å². The van der Waals surface area contributed by atoms with Gasteiger partial charge in [0, 0.05) is 18.3 Å². The molecule has 7 nitrogen and oxygen atoms in total. The molecule has 0 aromatic heterocycles. The summed E-state index contributed by atoms with van der Waals surface area (Å²) in [7, 11) is 0. The SMILES string of the molecule is CC(COC(=O)NC(C)(C)C)CC1(CC(=O)N2CCCC2C#N)C=CC=N1. The van der Waals surface area contributed by atoms with E-state index in [-0.39, 0.29) is 36.4 Å². The number of carbonyl (C=O) groups excluding carboxylic acids is 2. The maximum Gasteiger partial charge on any atom is 0.407 e. The normalized spacial score (nSPS) is 25.3. The fourth-order valence-corrected chi connectivity index (χ4v) is 3.54. The predicted octanol–water partition coefficient (Wildman–Crippen LogP) is 2.82. The third kappa shape index (κ3) is 6.09. The highest BCUT2D eigenvalue weighted by atomic mass is 16.5. The highest BCUT2D eigenvalue weighted by Gasteiger charge is 2.37. The number of aliphatic imine (C=N–C) groups is 1. The van der Waals surface area contributed by atoms with Gasteiger partial charge in [0.25, 0.3) is 0 Å². The van der Waals surface area contributed by atoms with Crippen molar-refractivity contribution in [3.05, 3.63) is 12.2 Å². The molecule has 0 aromatic carbocycles. The van der Waals surface area contributed by atoms with Crippen molar-refractivity contribution in [1.29, 1.82) is 5.26 Å². The molecule has 2 aliphatic heterocycles. The van der Waals surface area contributed by atoms with Crippen molar-refractivity contribution in [3.63, 3.8) is 0 Å². The summed E-state index contributed by atoms with van der Waals surface area (Å²) in [6.45, 7) is 8.54. The van der Waals surface area contributed by atoms with E-state index in [2.05, 4.69) is 16.4 Å². The average Bonchev–Trinajstić information content (AvgIpc) is 3.20. The minimum atomic E-state index is -0.622. The largest absolute Gasteiger partial charge is 0.449 e. The Morgan fingerprint density at radius 1 is 1.48 bits per heavy atom. The maximum absolute atomic E-state index is 12.8. The van der Waals surface area contributed by atoms with Crippen LogP contribution in [-0.4, -0.2) is 53.4 Å². The van der Waals surface area contributed by atoms with E-state index < -0.39 is 11.6 Å². The lowest BCUT2D eigenvalue weighted by molar-refractivity contribution is -0.132. The van der Waals surface area contributed by atoms with Crippen molar-refractivity contribution in [2.24, 2.45) is 10.9 Å². The first kappa shape index (κ1) is 20.9. The number of nitriles is 1. The summed E-state index contributed by atoms with van der Waals surface area (Å²) in [5.41, 5.74) is -0.970. The summed E-state index contributed by atoms with van der Waals surface area (Å²) in [5.74, 6) is -0.00453. The lowest BCUT2D eigenvalue weighted by atomic mass is 9.86. The van der Waals surface area contributed by atoms with E-state index in [0.29, 0.717) is 13.0 Å². The van der Waals surface area contributed by atoms with Crippen LogP contribution in [0, 0.1) is 17.2 Å². The van der Waals surface area contributed by atoms with Gasteiger partial charge in [-0.2, -0.15) is 5.26 Å². The smallest absolute Gasteiger partial charge is 0.407 e. The molecule has 148 valence electrons. The Kier molecular flexibility index (Phi) is 6.63. The van der Waals surface area contributed by atoms with Gasteiger partial charge in [0.1, 0.15) is 6.04 Å². The van der Waals surface area contributed by atoms with E-state index in [4.69, 9.17) is 4.74 Å². The van der Waals surface area contributed by atoms with Crippen LogP contribution in [0.25, 0.3) is 0 Å². The number of carbonyl (C=O) groups is 2. The zero-order valence-electron chi connectivity index (χ0n) is 16.7. The molecular formula is C20H30N4O3. The van der Waals surface area contributed by atoms with Gasteiger partial charge in [0.15, 0.2) is 0 Å². The second-order valence-electron chi connectivity index (χ2n) is 8.57. The van der Waals surface area contributed by atoms with Crippen LogP contribution >= 0.6 is 0 Å². The van der Waals surface area contributed by atoms with Crippen molar-refractivity contribution in [2.75, 3.05) is 13.2 Å². The number of rotatable bonds is 6. The van der Waals surface area contributed by atoms with E-state index in [9.17, 15) is 14.9 Å². The minimum Gasteiger partial charge on any atom is -0.449 e. The molecule has 27 heavy (non-hydrogen) atoms. The highest BCUT2D eigenvalue weighted by Crippen LogP contribution is 2.32. The summed E-state index contributed by atoms with van der Waals surface area (Å²) in [4.78, 5) is 30.8. The first-order valence-electron chi connectivity index (χ1n) is 9.51. The van der Waals surface area contributed by atoms with Crippen molar-refractivity contribution in [3.8, 4) is 6.07 Å². The number of ether oxygens (including phenoxy) is 1. The van der Waals surface area contributed by atoms with Crippen LogP contribution in [0.5, 0.6) is 0 Å². The van der Waals surface area contributed by atoms with Crippen LogP contribution in [0.4, 0.5) is 4.79 Å². The topological polar surface area (TPSA) is 94.8 Å². The van der Waals surface area contributed by atoms with Crippen LogP contribution in [0.3, 0.4) is 0 Å². The Morgan fingerprint density at radius 3 is 2.81 bits per heavy atom. The molecule has 0 bridgehead atoms. The van der Waals surface area contributed by atoms with E-state index in [1.54, 1.807) is 11.1 Å². The van der Waals surface area contributed by atoms with Crippen molar-refractivity contribution >= 4 is 18.2 Å². The Balaban J connectivity index is 1.91. The van der Waals surface area contributed by atoms with Crippen LogP contribution in [0.1, 0.15) is 53.4 Å². The van der Waals surface area contributed by atoms with Crippen LogP contribution < -0.4 is 5.32 Å². The van der Waals surface area contributed by atoms with Crippen molar-refractivity contribution < 1.29 is 14.3 Å². The zero-order valence-corrected chi connectivity index (χ0v) is 16.7. The molecule has 0 spiro atoms. The molecule has 1 N–H and O–H groups in total. The quantitative estimate of drug-likeness (QED) is 0.773. The molecular weight excluding hydrogens is 344 g/mol. The Morgan fingerprint density at radius 2 is 2.22 bits per heavy atom. The van der Waals surface area contributed by atoms with Crippen LogP contribution in [0.2, 0.25) is 0 Å². The van der Waals surface area contributed by atoms with E-state index in [1.807, 2.05) is 39.8 Å². The van der Waals surface area contributed by atoms with Crippen molar-refractivity contribution in [2.45, 2.75) is 70.5 Å². The molecule has 1 fully saturated rings. The Bertz CT molecular complexity index is 645. The number of allylic oxidation sites excluding steroid dienone is 1. The first-order valence-corrected chi connectivity index (χ1v) is 9.51. The molecule has 1 saturated heterocycles. The van der Waals surface area contributed by atoms with Gasteiger partial charge in [-0.25, -0.2) is 4.79 Å². The molecule has 0 aromatic rings. The minimum absolute atomic E-state index is 0.0359. The van der Waals surface area contributed by atoms with Crippen molar-refractivity contribution in [1.82, 2.24) is 10.2 Å². The number of nitrogens with one attached hydrogen (secondary N) is 1. The molecule has 0 saturated carbocycles. The lowest BCUT2D eigenvalue weighted by Crippen LogP contribution is -2.42. The van der Waals surface area contributed by atoms with Gasteiger partial charge < -0.3 is 15.0 Å². The maximum atomic E-state index is 12.8. The second kappa shape index (κ2) is 8.55. The molecule has 2 amide bonds. The zero-order chi connectivity index (χ0) is 20.1. The van der Waals surface area contributed by atoms with E-state index in [1.165, 1.54) is 0 Å². The number of hydrogen-bond acceptors (Lipinski definition) is 5. The molecule has 2 aliphatic rings. The van der Waals surface area contributed by atoms with Gasteiger partial charge in [0.05, 0.1) is 24.6 Å². The number of amides is 2. The van der Waals surface area contributed by atoms with Crippen LogP contribution in [-0.2, 0) is 9.53 Å². The summed E-state index contributed by atoms with van der Waals surface area (Å²) in [6, 6.07) is 1.88. The van der Waals surface area contributed by atoms with Gasteiger partial charge >= 0.3 is 6.09 Å². The summed E-state index contributed by atoms with van der Waals surface area (Å²) in [5, 5.41) is 12.0. The number of nitrogens with zero attached hydrogens (tertiary/aromatic N) is 3. The highest BCUT2D eigenvalue weighted by molar-refractivity contribution is 5.82. The number of alkyl carbamates (subject to hydrolysis) is 1. The molecule has 7 heteroatoms. The molecule has 3 atom stereocenters. The fraction of sp³-hybridized carbons (Fsp3) is 0.700. The molecule has 3 unspecified atom stereocenters. The molecule has 2 rings (SSSR count). The van der Waals surface area contributed by atoms with Gasteiger partial charge in [-0.05, 0) is 52.0 Å². The predicted molar refractivity (Wildman–Crippen MR) is 103 cm³/mol. The Labute approximate surface area is 161 Å². The number of likely N-dealkylation sites (tertiary alicyclic amines) is 1. The molecule has 2 heterocycles. The third-order valence-electron chi connectivity index (χ3n) is 4.68. The molecule has 0 aliphatic carbocycles. The van der Waals surface area contributed by atoms with Gasteiger partial charge in [0.2, 0.25) is 5.91 Å². The lowest BCUT2D eigenvalue weighted by Gasteiger charge is -2.30. The standard InChI is InChI=1S/C20H30N4O3/c1-15(14-27-18(26)23-19(2,3)4)11-20(8-6-9-22-20)12-17(25)24-10-5-7-16(24)13-21/h6,8-9,15-16H,5,7,10-12,14H2,1-4H3,(H,23,26). The summed E-state index contributed by atoms with van der Waals surface area (Å²) < 4.78 is 5.31. The third-order valence-corrected chi connectivity index (χ3v) is 4.68. The number of hydrogen-bond donors (Lipinski definition) is 1. The summed E-state index contributed by atoms with van der Waals surface area (Å²) >= 11 is 0. The van der Waals surface area contributed by atoms with Gasteiger partial charge in [-0.1, -0.05) is 13.0 Å². The van der Waals surface area contributed by atoms with Crippen LogP contribution in [0.15, 0.2) is 17.1 Å². The Hall–Kier alpha value is -2.36. The van der Waals surface area contributed by atoms with Gasteiger partial charge in [-0.15, -0.1) is 0 Å². The fourth-order valence-electron chi connectivity index (χ4n) is 3.54.